The van der Waals surface area contributed by atoms with Gasteiger partial charge in [0.25, 0.3) is 5.91 Å². The average molecular weight is 475 g/mol. The Morgan fingerprint density at radius 2 is 1.91 bits per heavy atom. The van der Waals surface area contributed by atoms with E-state index in [0.29, 0.717) is 47.5 Å². The van der Waals surface area contributed by atoms with Crippen LogP contribution in [0.25, 0.3) is 16.9 Å². The molecule has 1 amide bonds. The highest BCUT2D eigenvalue weighted by Crippen LogP contribution is 2.34. The zero-order valence-corrected chi connectivity index (χ0v) is 19.5. The van der Waals surface area contributed by atoms with Crippen LogP contribution in [0.3, 0.4) is 0 Å². The number of carbonyl (C=O) groups is 1. The molecular formula is C25H26N6O4. The Balaban J connectivity index is 1.55. The van der Waals surface area contributed by atoms with E-state index in [2.05, 4.69) is 15.2 Å². The molecule has 35 heavy (non-hydrogen) atoms. The van der Waals surface area contributed by atoms with Crippen molar-refractivity contribution in [1.29, 1.82) is 0 Å². The molecule has 180 valence electrons. The number of nitrogens with one attached hydrogen (secondary N) is 1. The number of ether oxygens (including phenoxy) is 3. The van der Waals surface area contributed by atoms with Crippen molar-refractivity contribution in [3.63, 3.8) is 0 Å². The highest BCUT2D eigenvalue weighted by Gasteiger charge is 2.18. The Bertz CT molecular complexity index is 1380. The van der Waals surface area contributed by atoms with Crippen molar-refractivity contribution >= 4 is 28.9 Å². The predicted molar refractivity (Wildman–Crippen MR) is 133 cm³/mol. The van der Waals surface area contributed by atoms with Crippen LogP contribution >= 0.6 is 0 Å². The third kappa shape index (κ3) is 4.43. The molecule has 10 heteroatoms. The number of morpholine rings is 1. The van der Waals surface area contributed by atoms with Crippen LogP contribution in [-0.2, 0) is 4.74 Å². The van der Waals surface area contributed by atoms with Gasteiger partial charge >= 0.3 is 0 Å². The van der Waals surface area contributed by atoms with Crippen LogP contribution in [0.15, 0.2) is 54.9 Å². The molecule has 1 saturated heterocycles. The van der Waals surface area contributed by atoms with Crippen molar-refractivity contribution in [3.8, 4) is 22.8 Å². The summed E-state index contributed by atoms with van der Waals surface area (Å²) in [6.07, 6.45) is 3.49. The predicted octanol–water partition coefficient (Wildman–Crippen LogP) is 3.09. The number of hydrogen-bond acceptors (Lipinski definition) is 8. The van der Waals surface area contributed by atoms with Gasteiger partial charge in [-0.25, -0.2) is 9.97 Å². The van der Waals surface area contributed by atoms with E-state index in [1.165, 1.54) is 7.11 Å². The van der Waals surface area contributed by atoms with Gasteiger partial charge in [0.05, 0.1) is 50.1 Å². The number of anilines is 3. The van der Waals surface area contributed by atoms with E-state index in [9.17, 15) is 4.79 Å². The number of methoxy groups -OCH3 is 2. The van der Waals surface area contributed by atoms with Crippen LogP contribution in [0.2, 0.25) is 0 Å². The Morgan fingerprint density at radius 3 is 2.66 bits per heavy atom. The number of primary amides is 1. The molecule has 0 atom stereocenters. The minimum atomic E-state index is -0.576. The van der Waals surface area contributed by atoms with Gasteiger partial charge in [-0.1, -0.05) is 6.07 Å². The SMILES string of the molecule is COc1ccc(Nc2nc(-c3ccc(N4CCOCC4)c(OC)c3)cc3nccn23)c(C(N)=O)c1. The Morgan fingerprint density at radius 1 is 1.09 bits per heavy atom. The van der Waals surface area contributed by atoms with Crippen LogP contribution < -0.4 is 25.4 Å². The number of rotatable bonds is 7. The largest absolute Gasteiger partial charge is 0.497 e. The molecule has 10 nitrogen and oxygen atoms in total. The van der Waals surface area contributed by atoms with Gasteiger partial charge in [0.1, 0.15) is 17.1 Å². The van der Waals surface area contributed by atoms with Gasteiger partial charge in [0.15, 0.2) is 0 Å². The average Bonchev–Trinajstić information content (AvgIpc) is 3.38. The normalized spacial score (nSPS) is 13.6. The van der Waals surface area contributed by atoms with Crippen molar-refractivity contribution in [3.05, 3.63) is 60.4 Å². The second-order valence-electron chi connectivity index (χ2n) is 8.01. The summed E-state index contributed by atoms with van der Waals surface area (Å²) in [5, 5.41) is 3.24. The lowest BCUT2D eigenvalue weighted by Gasteiger charge is -2.30. The van der Waals surface area contributed by atoms with Gasteiger partial charge in [0.2, 0.25) is 5.95 Å². The molecule has 4 aromatic rings. The highest BCUT2D eigenvalue weighted by molar-refractivity contribution is 5.99. The molecule has 0 radical (unpaired) electrons. The van der Waals surface area contributed by atoms with E-state index >= 15 is 0 Å². The monoisotopic (exact) mass is 474 g/mol. The summed E-state index contributed by atoms with van der Waals surface area (Å²) in [6.45, 7) is 3.01. The third-order valence-corrected chi connectivity index (χ3v) is 5.96. The first-order valence-corrected chi connectivity index (χ1v) is 11.2. The summed E-state index contributed by atoms with van der Waals surface area (Å²) in [5.74, 6) is 1.20. The van der Waals surface area contributed by atoms with Crippen LogP contribution in [0, 0.1) is 0 Å². The Kier molecular flexibility index (Phi) is 6.11. The number of nitrogens with two attached hydrogens (primary N) is 1. The van der Waals surface area contributed by atoms with Crippen LogP contribution in [-0.4, -0.2) is 60.8 Å². The van der Waals surface area contributed by atoms with E-state index in [0.717, 1.165) is 30.1 Å². The van der Waals surface area contributed by atoms with E-state index in [1.807, 2.05) is 24.3 Å². The zero-order valence-electron chi connectivity index (χ0n) is 19.5. The number of aromatic nitrogens is 3. The molecule has 1 aliphatic heterocycles. The number of amides is 1. The topological polar surface area (TPSA) is 116 Å². The zero-order chi connectivity index (χ0) is 24.4. The molecular weight excluding hydrogens is 448 g/mol. The second kappa shape index (κ2) is 9.51. The first-order valence-electron chi connectivity index (χ1n) is 11.2. The summed E-state index contributed by atoms with van der Waals surface area (Å²) in [5.41, 5.74) is 9.71. The number of hydrogen-bond donors (Lipinski definition) is 2. The molecule has 1 aliphatic rings. The maximum Gasteiger partial charge on any atom is 0.250 e. The van der Waals surface area contributed by atoms with Crippen molar-refractivity contribution in [2.24, 2.45) is 5.73 Å². The van der Waals surface area contributed by atoms with Gasteiger partial charge in [-0.15, -0.1) is 0 Å². The first-order chi connectivity index (χ1) is 17.1. The molecule has 0 aliphatic carbocycles. The smallest absolute Gasteiger partial charge is 0.250 e. The number of imidazole rings is 1. The van der Waals surface area contributed by atoms with Crippen LogP contribution in [0.1, 0.15) is 10.4 Å². The highest BCUT2D eigenvalue weighted by atomic mass is 16.5. The number of fused-ring (bicyclic) bond motifs is 1. The molecule has 5 rings (SSSR count). The Hall–Kier alpha value is -4.31. The molecule has 0 bridgehead atoms. The first kappa shape index (κ1) is 22.5. The number of benzene rings is 2. The van der Waals surface area contributed by atoms with Gasteiger partial charge in [-0.2, -0.15) is 0 Å². The van der Waals surface area contributed by atoms with Crippen molar-refractivity contribution in [2.45, 2.75) is 0 Å². The summed E-state index contributed by atoms with van der Waals surface area (Å²) < 4.78 is 18.2. The molecule has 0 unspecified atom stereocenters. The van der Waals surface area contributed by atoms with E-state index in [-0.39, 0.29) is 0 Å². The lowest BCUT2D eigenvalue weighted by atomic mass is 10.1. The lowest BCUT2D eigenvalue weighted by molar-refractivity contribution is 0.100. The molecule has 0 spiro atoms. The minimum Gasteiger partial charge on any atom is -0.497 e. The summed E-state index contributed by atoms with van der Waals surface area (Å²) >= 11 is 0. The quantitative estimate of drug-likeness (QED) is 0.420. The van der Waals surface area contributed by atoms with Gasteiger partial charge < -0.3 is 30.2 Å². The minimum absolute atomic E-state index is 0.293. The fraction of sp³-hybridized carbons (Fsp3) is 0.240. The fourth-order valence-electron chi connectivity index (χ4n) is 4.15. The molecule has 0 saturated carbocycles. The van der Waals surface area contributed by atoms with Crippen molar-refractivity contribution in [1.82, 2.24) is 14.4 Å². The lowest BCUT2D eigenvalue weighted by Crippen LogP contribution is -2.36. The van der Waals surface area contributed by atoms with Gasteiger partial charge in [0, 0.05) is 37.1 Å². The standard InChI is InChI=1S/C25H26N6O4/c1-33-17-4-5-19(18(14-17)24(26)32)28-25-29-20(15-23-27-7-8-31(23)25)16-3-6-21(22(13-16)34-2)30-9-11-35-12-10-30/h3-8,13-15H,9-12H2,1-2H3,(H2,26,32)(H,28,29). The maximum atomic E-state index is 12.1. The third-order valence-electron chi connectivity index (χ3n) is 5.96. The van der Waals surface area contributed by atoms with Gasteiger partial charge in [-0.05, 0) is 30.3 Å². The van der Waals surface area contributed by atoms with E-state index < -0.39 is 5.91 Å². The van der Waals surface area contributed by atoms with Crippen LogP contribution in [0.4, 0.5) is 17.3 Å². The van der Waals surface area contributed by atoms with E-state index in [4.69, 9.17) is 24.9 Å². The molecule has 2 aromatic carbocycles. The second-order valence-corrected chi connectivity index (χ2v) is 8.01. The van der Waals surface area contributed by atoms with E-state index in [1.54, 1.807) is 42.1 Å². The van der Waals surface area contributed by atoms with Crippen molar-refractivity contribution in [2.75, 3.05) is 50.7 Å². The molecule has 3 heterocycles. The summed E-state index contributed by atoms with van der Waals surface area (Å²) in [4.78, 5) is 23.6. The number of carbonyl (C=O) groups excluding carboxylic acids is 1. The van der Waals surface area contributed by atoms with Crippen molar-refractivity contribution < 1.29 is 19.0 Å². The fourth-order valence-corrected chi connectivity index (χ4v) is 4.15. The molecule has 1 fully saturated rings. The van der Waals surface area contributed by atoms with Gasteiger partial charge in [-0.3, -0.25) is 9.20 Å². The maximum absolute atomic E-state index is 12.1. The summed E-state index contributed by atoms with van der Waals surface area (Å²) in [6, 6.07) is 13.0. The summed E-state index contributed by atoms with van der Waals surface area (Å²) in [7, 11) is 3.20. The molecule has 2 aromatic heterocycles. The molecule has 3 N–H and O–H groups in total. The number of nitrogens with zero attached hydrogens (tertiary/aromatic N) is 4. The Labute approximate surface area is 202 Å². The van der Waals surface area contributed by atoms with Crippen LogP contribution in [0.5, 0.6) is 11.5 Å².